The van der Waals surface area contributed by atoms with Crippen LogP contribution in [-0.2, 0) is 6.42 Å². The smallest absolute Gasteiger partial charge is 0.194 e. The van der Waals surface area contributed by atoms with Gasteiger partial charge < -0.3 is 10.2 Å². The standard InChI is InChI=1S/C10H10Br2N2OS/c11-8-4-6(10(12)16-8)7-5-14-9(15-7)2-1-3-13/h4-5H,1-3,13H2. The van der Waals surface area contributed by atoms with Gasteiger partial charge in [-0.05, 0) is 50.9 Å². The molecule has 2 N–H and O–H groups in total. The molecule has 0 amide bonds. The maximum Gasteiger partial charge on any atom is 0.194 e. The van der Waals surface area contributed by atoms with Gasteiger partial charge in [0.2, 0.25) is 0 Å². The summed E-state index contributed by atoms with van der Waals surface area (Å²) in [5.74, 6) is 1.54. The van der Waals surface area contributed by atoms with Crippen LogP contribution in [0.25, 0.3) is 11.3 Å². The summed E-state index contributed by atoms with van der Waals surface area (Å²) in [5.41, 5.74) is 6.47. The van der Waals surface area contributed by atoms with Crippen LogP contribution >= 0.6 is 43.2 Å². The Labute approximate surface area is 114 Å². The second-order valence-corrected chi connectivity index (χ2v) is 7.00. The number of oxazole rings is 1. The summed E-state index contributed by atoms with van der Waals surface area (Å²) in [6, 6.07) is 2.02. The van der Waals surface area contributed by atoms with Crippen molar-refractivity contribution in [3.8, 4) is 11.3 Å². The minimum Gasteiger partial charge on any atom is -0.441 e. The molecule has 16 heavy (non-hydrogen) atoms. The highest BCUT2D eigenvalue weighted by Crippen LogP contribution is 2.38. The average molecular weight is 366 g/mol. The van der Waals surface area contributed by atoms with Crippen molar-refractivity contribution in [1.82, 2.24) is 4.98 Å². The third kappa shape index (κ3) is 2.74. The van der Waals surface area contributed by atoms with E-state index >= 15 is 0 Å². The number of hydrogen-bond acceptors (Lipinski definition) is 4. The number of aromatic nitrogens is 1. The molecule has 0 aromatic carbocycles. The van der Waals surface area contributed by atoms with Gasteiger partial charge in [-0.1, -0.05) is 0 Å². The van der Waals surface area contributed by atoms with Crippen molar-refractivity contribution in [3.05, 3.63) is 25.7 Å². The van der Waals surface area contributed by atoms with E-state index in [-0.39, 0.29) is 0 Å². The normalized spacial score (nSPS) is 10.9. The van der Waals surface area contributed by atoms with Crippen LogP contribution in [0.15, 0.2) is 24.3 Å². The Morgan fingerprint density at radius 2 is 2.25 bits per heavy atom. The quantitative estimate of drug-likeness (QED) is 0.895. The second-order valence-electron chi connectivity index (χ2n) is 3.25. The third-order valence-electron chi connectivity index (χ3n) is 2.07. The lowest BCUT2D eigenvalue weighted by molar-refractivity contribution is 0.499. The number of nitrogens with two attached hydrogens (primary N) is 1. The minimum absolute atomic E-state index is 0.658. The Hall–Kier alpha value is -0.170. The van der Waals surface area contributed by atoms with Gasteiger partial charge in [0.25, 0.3) is 0 Å². The summed E-state index contributed by atoms with van der Waals surface area (Å²) in [6.45, 7) is 0.658. The summed E-state index contributed by atoms with van der Waals surface area (Å²) in [5, 5.41) is 0. The maximum atomic E-state index is 5.66. The highest BCUT2D eigenvalue weighted by Gasteiger charge is 2.12. The van der Waals surface area contributed by atoms with Gasteiger partial charge in [0, 0.05) is 12.0 Å². The van der Waals surface area contributed by atoms with E-state index in [1.54, 1.807) is 17.5 Å². The zero-order valence-electron chi connectivity index (χ0n) is 8.37. The fourth-order valence-electron chi connectivity index (χ4n) is 1.31. The van der Waals surface area contributed by atoms with E-state index < -0.39 is 0 Å². The molecule has 0 atom stereocenters. The molecule has 0 saturated heterocycles. The van der Waals surface area contributed by atoms with Gasteiger partial charge >= 0.3 is 0 Å². The van der Waals surface area contributed by atoms with Crippen LogP contribution in [0.4, 0.5) is 0 Å². The molecule has 0 bridgehead atoms. The average Bonchev–Trinajstić information content (AvgIpc) is 2.82. The fourth-order valence-corrected chi connectivity index (χ4v) is 4.13. The Bertz CT molecular complexity index is 481. The molecule has 2 aromatic heterocycles. The van der Waals surface area contributed by atoms with Crippen molar-refractivity contribution >= 4 is 43.2 Å². The SMILES string of the molecule is NCCCc1ncc(-c2cc(Br)sc2Br)o1. The molecule has 2 aromatic rings. The lowest BCUT2D eigenvalue weighted by atomic mass is 10.3. The van der Waals surface area contributed by atoms with Gasteiger partial charge in [-0.2, -0.15) is 0 Å². The fraction of sp³-hybridized carbons (Fsp3) is 0.300. The van der Waals surface area contributed by atoms with Crippen LogP contribution in [0, 0.1) is 0 Å². The van der Waals surface area contributed by atoms with E-state index in [1.165, 1.54) is 0 Å². The molecule has 3 nitrogen and oxygen atoms in total. The molecule has 0 saturated carbocycles. The topological polar surface area (TPSA) is 52.0 Å². The van der Waals surface area contributed by atoms with Gasteiger partial charge in [-0.25, -0.2) is 4.98 Å². The molecular weight excluding hydrogens is 356 g/mol. The van der Waals surface area contributed by atoms with Crippen molar-refractivity contribution in [2.24, 2.45) is 5.73 Å². The zero-order chi connectivity index (χ0) is 11.5. The number of hydrogen-bond donors (Lipinski definition) is 1. The third-order valence-corrected chi connectivity index (χ3v) is 4.41. The first-order valence-electron chi connectivity index (χ1n) is 4.80. The van der Waals surface area contributed by atoms with Crippen LogP contribution in [-0.4, -0.2) is 11.5 Å². The van der Waals surface area contributed by atoms with Crippen LogP contribution in [0.3, 0.4) is 0 Å². The largest absolute Gasteiger partial charge is 0.441 e. The van der Waals surface area contributed by atoms with Gasteiger partial charge in [-0.15, -0.1) is 11.3 Å². The van der Waals surface area contributed by atoms with E-state index in [2.05, 4.69) is 36.8 Å². The summed E-state index contributed by atoms with van der Waals surface area (Å²) >= 11 is 8.55. The lowest BCUT2D eigenvalue weighted by Crippen LogP contribution is -2.00. The van der Waals surface area contributed by atoms with Gasteiger partial charge in [0.15, 0.2) is 11.7 Å². The zero-order valence-corrected chi connectivity index (χ0v) is 12.4. The first kappa shape index (κ1) is 12.3. The van der Waals surface area contributed by atoms with E-state index in [4.69, 9.17) is 10.2 Å². The van der Waals surface area contributed by atoms with E-state index in [0.717, 1.165) is 37.6 Å². The molecular formula is C10H10Br2N2OS. The molecule has 6 heteroatoms. The van der Waals surface area contributed by atoms with Crippen molar-refractivity contribution in [3.63, 3.8) is 0 Å². The van der Waals surface area contributed by atoms with Crippen LogP contribution < -0.4 is 5.73 Å². The Balaban J connectivity index is 2.21. The number of nitrogens with zero attached hydrogens (tertiary/aromatic N) is 1. The Morgan fingerprint density at radius 1 is 1.44 bits per heavy atom. The van der Waals surface area contributed by atoms with E-state index in [9.17, 15) is 0 Å². The highest BCUT2D eigenvalue weighted by molar-refractivity contribution is 9.12. The summed E-state index contributed by atoms with van der Waals surface area (Å²) < 4.78 is 7.76. The molecule has 86 valence electrons. The molecule has 0 aliphatic heterocycles. The summed E-state index contributed by atoms with van der Waals surface area (Å²) in [4.78, 5) is 4.23. The van der Waals surface area contributed by atoms with Crippen molar-refractivity contribution in [2.75, 3.05) is 6.54 Å². The molecule has 0 aliphatic rings. The number of halogens is 2. The number of rotatable bonds is 4. The van der Waals surface area contributed by atoms with Gasteiger partial charge in [0.05, 0.1) is 13.8 Å². The van der Waals surface area contributed by atoms with Crippen LogP contribution in [0.5, 0.6) is 0 Å². The molecule has 0 spiro atoms. The second kappa shape index (κ2) is 5.44. The molecule has 0 radical (unpaired) electrons. The van der Waals surface area contributed by atoms with E-state index in [1.807, 2.05) is 6.07 Å². The summed E-state index contributed by atoms with van der Waals surface area (Å²) in [6.07, 6.45) is 3.44. The van der Waals surface area contributed by atoms with Gasteiger partial charge in [0.1, 0.15) is 0 Å². The Kier molecular flexibility index (Phi) is 4.18. The van der Waals surface area contributed by atoms with Gasteiger partial charge in [-0.3, -0.25) is 0 Å². The van der Waals surface area contributed by atoms with Crippen LogP contribution in [0.2, 0.25) is 0 Å². The summed E-state index contributed by atoms with van der Waals surface area (Å²) in [7, 11) is 0. The van der Waals surface area contributed by atoms with Crippen molar-refractivity contribution in [2.45, 2.75) is 12.8 Å². The van der Waals surface area contributed by atoms with Crippen LogP contribution in [0.1, 0.15) is 12.3 Å². The Morgan fingerprint density at radius 3 is 2.88 bits per heavy atom. The maximum absolute atomic E-state index is 5.66. The molecule has 2 heterocycles. The molecule has 0 unspecified atom stereocenters. The lowest BCUT2D eigenvalue weighted by Gasteiger charge is -1.93. The first-order valence-corrected chi connectivity index (χ1v) is 7.21. The highest BCUT2D eigenvalue weighted by atomic mass is 79.9. The number of aryl methyl sites for hydroxylation is 1. The minimum atomic E-state index is 0.658. The first-order chi connectivity index (χ1) is 7.70. The molecule has 2 rings (SSSR count). The molecule has 0 aliphatic carbocycles. The molecule has 0 fully saturated rings. The predicted molar refractivity (Wildman–Crippen MR) is 72.6 cm³/mol. The van der Waals surface area contributed by atoms with E-state index in [0.29, 0.717) is 6.54 Å². The van der Waals surface area contributed by atoms with Crippen molar-refractivity contribution in [1.29, 1.82) is 0 Å². The number of thiophene rings is 1. The monoisotopic (exact) mass is 364 g/mol. The predicted octanol–water partition coefficient (Wildman–Crippen LogP) is 3.82. The van der Waals surface area contributed by atoms with Crippen molar-refractivity contribution < 1.29 is 4.42 Å².